The molecule has 0 atom stereocenters. The Morgan fingerprint density at radius 1 is 1.20 bits per heavy atom. The van der Waals surface area contributed by atoms with E-state index in [2.05, 4.69) is 0 Å². The summed E-state index contributed by atoms with van der Waals surface area (Å²) in [5.41, 5.74) is 6.29. The fourth-order valence-corrected chi connectivity index (χ4v) is 3.18. The van der Waals surface area contributed by atoms with E-state index in [0.717, 1.165) is 5.56 Å². The lowest BCUT2D eigenvalue weighted by molar-refractivity contribution is 0.243. The molecule has 1 aromatic carbocycles. The molecule has 0 spiro atoms. The molecule has 20 heavy (non-hydrogen) atoms. The maximum absolute atomic E-state index is 12.4. The van der Waals surface area contributed by atoms with Crippen molar-refractivity contribution in [1.29, 1.82) is 0 Å². The maximum Gasteiger partial charge on any atom is 0.282 e. The second-order valence-electron chi connectivity index (χ2n) is 4.51. The van der Waals surface area contributed by atoms with E-state index in [9.17, 15) is 8.42 Å². The normalized spacial score (nSPS) is 12.2. The van der Waals surface area contributed by atoms with Crippen LogP contribution in [-0.2, 0) is 16.8 Å². The Morgan fingerprint density at radius 2 is 1.85 bits per heavy atom. The van der Waals surface area contributed by atoms with Gasteiger partial charge in [-0.05, 0) is 18.5 Å². The molecule has 3 N–H and O–H groups in total. The molecular formula is C13H23N3O3S. The van der Waals surface area contributed by atoms with Gasteiger partial charge >= 0.3 is 0 Å². The van der Waals surface area contributed by atoms with Gasteiger partial charge in [0.05, 0.1) is 6.61 Å². The van der Waals surface area contributed by atoms with Crippen LogP contribution >= 0.6 is 0 Å². The van der Waals surface area contributed by atoms with Crippen LogP contribution in [0.2, 0.25) is 0 Å². The summed E-state index contributed by atoms with van der Waals surface area (Å²) in [6.07, 6.45) is 0.605. The molecule has 0 saturated heterocycles. The average Bonchev–Trinajstić information content (AvgIpc) is 2.45. The van der Waals surface area contributed by atoms with Gasteiger partial charge < -0.3 is 10.8 Å². The van der Waals surface area contributed by atoms with Crippen LogP contribution in [0.4, 0.5) is 0 Å². The Kier molecular flexibility index (Phi) is 7.11. The molecule has 1 aromatic rings. The minimum Gasteiger partial charge on any atom is -0.395 e. The van der Waals surface area contributed by atoms with E-state index in [1.54, 1.807) is 0 Å². The standard InChI is InChI=1S/C13H23N3O3S/c1-15(9-5-8-14)20(18,19)16(10-11-17)12-13-6-3-2-4-7-13/h2-4,6-7,17H,5,8-12,14H2,1H3. The molecule has 1 rings (SSSR count). The molecule has 0 unspecified atom stereocenters. The van der Waals surface area contributed by atoms with Crippen LogP contribution in [0, 0.1) is 0 Å². The quantitative estimate of drug-likeness (QED) is 0.672. The zero-order valence-corrected chi connectivity index (χ0v) is 12.6. The first-order valence-corrected chi connectivity index (χ1v) is 7.98. The summed E-state index contributed by atoms with van der Waals surface area (Å²) in [6.45, 7) is 0.922. The Hall–Kier alpha value is -0.990. The summed E-state index contributed by atoms with van der Waals surface area (Å²) < 4.78 is 27.4. The number of nitrogens with zero attached hydrogens (tertiary/aromatic N) is 2. The van der Waals surface area contributed by atoms with Crippen molar-refractivity contribution in [2.75, 3.05) is 33.3 Å². The molecule has 0 aliphatic heterocycles. The zero-order valence-electron chi connectivity index (χ0n) is 11.8. The van der Waals surface area contributed by atoms with Gasteiger partial charge in [0.15, 0.2) is 0 Å². The van der Waals surface area contributed by atoms with E-state index >= 15 is 0 Å². The van der Waals surface area contributed by atoms with Crippen LogP contribution in [0.3, 0.4) is 0 Å². The first-order valence-electron chi connectivity index (χ1n) is 6.58. The molecule has 0 heterocycles. The number of benzene rings is 1. The van der Waals surface area contributed by atoms with Crippen LogP contribution in [0.5, 0.6) is 0 Å². The van der Waals surface area contributed by atoms with Gasteiger partial charge in [0, 0.05) is 26.7 Å². The van der Waals surface area contributed by atoms with Gasteiger partial charge in [0.25, 0.3) is 10.2 Å². The smallest absolute Gasteiger partial charge is 0.282 e. The Morgan fingerprint density at radius 3 is 2.40 bits per heavy atom. The van der Waals surface area contributed by atoms with Crippen LogP contribution in [0.25, 0.3) is 0 Å². The van der Waals surface area contributed by atoms with E-state index in [-0.39, 0.29) is 19.7 Å². The lowest BCUT2D eigenvalue weighted by Gasteiger charge is -2.27. The van der Waals surface area contributed by atoms with Gasteiger partial charge in [-0.25, -0.2) is 0 Å². The molecule has 0 saturated carbocycles. The summed E-state index contributed by atoms with van der Waals surface area (Å²) in [5, 5.41) is 9.09. The van der Waals surface area contributed by atoms with Crippen molar-refractivity contribution in [3.63, 3.8) is 0 Å². The molecule has 6 nitrogen and oxygen atoms in total. The van der Waals surface area contributed by atoms with Crippen LogP contribution in [0.15, 0.2) is 30.3 Å². The molecule has 0 bridgehead atoms. The molecule has 7 heteroatoms. The van der Waals surface area contributed by atoms with Crippen LogP contribution in [-0.4, -0.2) is 55.4 Å². The van der Waals surface area contributed by atoms with E-state index in [1.165, 1.54) is 15.7 Å². The highest BCUT2D eigenvalue weighted by Crippen LogP contribution is 2.12. The van der Waals surface area contributed by atoms with Gasteiger partial charge in [-0.1, -0.05) is 30.3 Å². The van der Waals surface area contributed by atoms with E-state index in [0.29, 0.717) is 19.5 Å². The third kappa shape index (κ3) is 4.84. The highest BCUT2D eigenvalue weighted by atomic mass is 32.2. The van der Waals surface area contributed by atoms with Crippen molar-refractivity contribution in [1.82, 2.24) is 8.61 Å². The molecule has 114 valence electrons. The van der Waals surface area contributed by atoms with Crippen molar-refractivity contribution in [3.8, 4) is 0 Å². The number of aliphatic hydroxyl groups excluding tert-OH is 1. The third-order valence-electron chi connectivity index (χ3n) is 2.95. The summed E-state index contributed by atoms with van der Waals surface area (Å²) in [6, 6.07) is 9.32. The van der Waals surface area contributed by atoms with Gasteiger partial charge in [0.1, 0.15) is 0 Å². The summed E-state index contributed by atoms with van der Waals surface area (Å²) in [5.74, 6) is 0. The lowest BCUT2D eigenvalue weighted by atomic mass is 10.2. The fourth-order valence-electron chi connectivity index (χ4n) is 1.80. The van der Waals surface area contributed by atoms with E-state index in [1.807, 2.05) is 30.3 Å². The van der Waals surface area contributed by atoms with E-state index < -0.39 is 10.2 Å². The average molecular weight is 301 g/mol. The minimum absolute atomic E-state index is 0.0736. The SMILES string of the molecule is CN(CCCN)S(=O)(=O)N(CCO)Cc1ccccc1. The van der Waals surface area contributed by atoms with Gasteiger partial charge in [-0.3, -0.25) is 0 Å². The number of hydrogen-bond donors (Lipinski definition) is 2. The number of nitrogens with two attached hydrogens (primary N) is 1. The first-order chi connectivity index (χ1) is 9.52. The van der Waals surface area contributed by atoms with Gasteiger partial charge in [0.2, 0.25) is 0 Å². The largest absolute Gasteiger partial charge is 0.395 e. The van der Waals surface area contributed by atoms with Crippen molar-refractivity contribution < 1.29 is 13.5 Å². The third-order valence-corrected chi connectivity index (χ3v) is 4.88. The number of rotatable bonds is 9. The van der Waals surface area contributed by atoms with Crippen molar-refractivity contribution in [2.24, 2.45) is 5.73 Å². The van der Waals surface area contributed by atoms with Crippen molar-refractivity contribution in [3.05, 3.63) is 35.9 Å². The number of aliphatic hydroxyl groups is 1. The Labute approximate surface area is 121 Å². The van der Waals surface area contributed by atoms with E-state index in [4.69, 9.17) is 10.8 Å². The highest BCUT2D eigenvalue weighted by molar-refractivity contribution is 7.86. The minimum atomic E-state index is -3.58. The maximum atomic E-state index is 12.4. The molecule has 0 aromatic heterocycles. The van der Waals surface area contributed by atoms with Crippen molar-refractivity contribution in [2.45, 2.75) is 13.0 Å². The highest BCUT2D eigenvalue weighted by Gasteiger charge is 2.26. The molecular weight excluding hydrogens is 278 g/mol. The van der Waals surface area contributed by atoms with Gasteiger partial charge in [-0.2, -0.15) is 17.0 Å². The molecule has 0 aliphatic rings. The molecule has 0 fully saturated rings. The topological polar surface area (TPSA) is 86.9 Å². The summed E-state index contributed by atoms with van der Waals surface area (Å²) >= 11 is 0. The molecule has 0 radical (unpaired) electrons. The monoisotopic (exact) mass is 301 g/mol. The number of hydrogen-bond acceptors (Lipinski definition) is 4. The summed E-state index contributed by atoms with van der Waals surface area (Å²) in [7, 11) is -2.05. The predicted molar refractivity (Wildman–Crippen MR) is 79.2 cm³/mol. The fraction of sp³-hybridized carbons (Fsp3) is 0.538. The second-order valence-corrected chi connectivity index (χ2v) is 6.55. The predicted octanol–water partition coefficient (Wildman–Crippen LogP) is 0.00630. The second kappa shape index (κ2) is 8.33. The zero-order chi connectivity index (χ0) is 15.0. The van der Waals surface area contributed by atoms with Crippen LogP contribution < -0.4 is 5.73 Å². The first kappa shape index (κ1) is 17.1. The van der Waals surface area contributed by atoms with Gasteiger partial charge in [-0.15, -0.1) is 0 Å². The summed E-state index contributed by atoms with van der Waals surface area (Å²) in [4.78, 5) is 0. The Balaban J connectivity index is 2.83. The van der Waals surface area contributed by atoms with Crippen molar-refractivity contribution >= 4 is 10.2 Å². The molecule has 0 amide bonds. The molecule has 0 aliphatic carbocycles. The lowest BCUT2D eigenvalue weighted by Crippen LogP contribution is -2.43. The Bertz CT molecular complexity index is 479. The van der Waals surface area contributed by atoms with Crippen LogP contribution in [0.1, 0.15) is 12.0 Å².